The number of ether oxygens (including phenoxy) is 1. The van der Waals surface area contributed by atoms with Gasteiger partial charge in [0.25, 0.3) is 0 Å². The fourth-order valence-corrected chi connectivity index (χ4v) is 1.25. The third-order valence-electron chi connectivity index (χ3n) is 1.81. The average Bonchev–Trinajstić information content (AvgIpc) is 2.09. The van der Waals surface area contributed by atoms with E-state index in [2.05, 4.69) is 0 Å². The molecule has 0 aromatic carbocycles. The Labute approximate surface area is 60.9 Å². The molecule has 0 bridgehead atoms. The van der Waals surface area contributed by atoms with Crippen LogP contribution in [0.4, 0.5) is 0 Å². The van der Waals surface area contributed by atoms with E-state index in [-0.39, 0.29) is 18.0 Å². The van der Waals surface area contributed by atoms with Crippen LogP contribution in [0.15, 0.2) is 11.6 Å². The minimum atomic E-state index is -0.235. The number of carbonyl (C=O) groups is 1. The van der Waals surface area contributed by atoms with Gasteiger partial charge in [0, 0.05) is 5.57 Å². The van der Waals surface area contributed by atoms with Gasteiger partial charge in [-0.2, -0.15) is 0 Å². The number of rotatable bonds is 0. The van der Waals surface area contributed by atoms with Crippen molar-refractivity contribution in [3.8, 4) is 0 Å². The van der Waals surface area contributed by atoms with Gasteiger partial charge < -0.3 is 4.74 Å². The topological polar surface area (TPSA) is 26.3 Å². The zero-order chi connectivity index (χ0) is 7.72. The van der Waals surface area contributed by atoms with E-state index in [1.807, 2.05) is 19.9 Å². The van der Waals surface area contributed by atoms with Crippen LogP contribution in [0.25, 0.3) is 0 Å². The first kappa shape index (κ1) is 7.48. The minimum Gasteiger partial charge on any atom is -0.363 e. The molecule has 0 aromatic rings. The van der Waals surface area contributed by atoms with Crippen molar-refractivity contribution in [3.63, 3.8) is 0 Å². The summed E-state index contributed by atoms with van der Waals surface area (Å²) in [5, 5.41) is 0. The number of allylic oxidation sites excluding steroid dienone is 1. The number of carbonyl (C=O) groups excluding carboxylic acids is 1. The maximum absolute atomic E-state index is 11.2. The molecule has 1 rings (SSSR count). The van der Waals surface area contributed by atoms with E-state index in [0.717, 1.165) is 5.57 Å². The van der Waals surface area contributed by atoms with Gasteiger partial charge in [0.2, 0.25) is 0 Å². The summed E-state index contributed by atoms with van der Waals surface area (Å²) in [6.45, 7) is 5.55. The third kappa shape index (κ3) is 0.991. The van der Waals surface area contributed by atoms with E-state index in [4.69, 9.17) is 4.74 Å². The Morgan fingerprint density at radius 1 is 1.40 bits per heavy atom. The molecule has 2 atom stereocenters. The van der Waals surface area contributed by atoms with Gasteiger partial charge in [0.15, 0.2) is 5.78 Å². The summed E-state index contributed by atoms with van der Waals surface area (Å²) in [5.74, 6) is 0.134. The predicted octanol–water partition coefficient (Wildman–Crippen LogP) is 1.31. The molecule has 0 radical (unpaired) electrons. The largest absolute Gasteiger partial charge is 0.363 e. The fraction of sp³-hybridized carbons (Fsp3) is 0.625. The van der Waals surface area contributed by atoms with Crippen LogP contribution in [-0.2, 0) is 9.53 Å². The Morgan fingerprint density at radius 2 is 2.00 bits per heavy atom. The van der Waals surface area contributed by atoms with E-state index in [1.165, 1.54) is 0 Å². The Morgan fingerprint density at radius 3 is 2.20 bits per heavy atom. The molecule has 1 saturated heterocycles. The summed E-state index contributed by atoms with van der Waals surface area (Å²) in [6, 6.07) is 0. The van der Waals surface area contributed by atoms with E-state index in [9.17, 15) is 4.79 Å². The molecule has 0 amide bonds. The van der Waals surface area contributed by atoms with Gasteiger partial charge in [0.1, 0.15) is 6.10 Å². The fourth-order valence-electron chi connectivity index (χ4n) is 1.25. The lowest BCUT2D eigenvalue weighted by molar-refractivity contribution is -0.120. The van der Waals surface area contributed by atoms with Crippen molar-refractivity contribution in [2.75, 3.05) is 0 Å². The molecular formula is C8H12O2. The molecule has 10 heavy (non-hydrogen) atoms. The molecule has 0 spiro atoms. The molecule has 1 aliphatic rings. The monoisotopic (exact) mass is 140 g/mol. The smallest absolute Gasteiger partial charge is 0.189 e. The summed E-state index contributed by atoms with van der Waals surface area (Å²) in [6.07, 6.45) is 1.59. The van der Waals surface area contributed by atoms with Crippen molar-refractivity contribution in [2.45, 2.75) is 33.0 Å². The molecule has 2 unspecified atom stereocenters. The number of hydrogen-bond acceptors (Lipinski definition) is 2. The second-order valence-corrected chi connectivity index (χ2v) is 2.53. The van der Waals surface area contributed by atoms with Gasteiger partial charge in [-0.25, -0.2) is 0 Å². The van der Waals surface area contributed by atoms with Crippen molar-refractivity contribution < 1.29 is 9.53 Å². The zero-order valence-corrected chi connectivity index (χ0v) is 6.55. The van der Waals surface area contributed by atoms with Gasteiger partial charge >= 0.3 is 0 Å². The summed E-state index contributed by atoms with van der Waals surface area (Å²) in [4.78, 5) is 11.2. The SMILES string of the molecule is CC=C1C(=O)C(C)OC1C. The molecule has 0 aliphatic carbocycles. The highest BCUT2D eigenvalue weighted by Crippen LogP contribution is 2.20. The van der Waals surface area contributed by atoms with Crippen LogP contribution in [0.1, 0.15) is 20.8 Å². The molecule has 56 valence electrons. The molecule has 2 heteroatoms. The van der Waals surface area contributed by atoms with E-state index < -0.39 is 0 Å². The Kier molecular flexibility index (Phi) is 1.90. The van der Waals surface area contributed by atoms with Crippen LogP contribution < -0.4 is 0 Å². The highest BCUT2D eigenvalue weighted by atomic mass is 16.5. The van der Waals surface area contributed by atoms with Crippen molar-refractivity contribution in [1.29, 1.82) is 0 Å². The van der Waals surface area contributed by atoms with E-state index >= 15 is 0 Å². The van der Waals surface area contributed by atoms with Crippen LogP contribution in [0.5, 0.6) is 0 Å². The Balaban J connectivity index is 2.85. The molecular weight excluding hydrogens is 128 g/mol. The summed E-state index contributed by atoms with van der Waals surface area (Å²) in [7, 11) is 0. The van der Waals surface area contributed by atoms with E-state index in [0.29, 0.717) is 0 Å². The lowest BCUT2D eigenvalue weighted by Gasteiger charge is -2.00. The average molecular weight is 140 g/mol. The van der Waals surface area contributed by atoms with Gasteiger partial charge in [-0.1, -0.05) is 6.08 Å². The first-order valence-corrected chi connectivity index (χ1v) is 3.52. The summed E-state index contributed by atoms with van der Waals surface area (Å²) in [5.41, 5.74) is 0.813. The van der Waals surface area contributed by atoms with Gasteiger partial charge in [-0.05, 0) is 20.8 Å². The van der Waals surface area contributed by atoms with Crippen LogP contribution >= 0.6 is 0 Å². The molecule has 0 N–H and O–H groups in total. The molecule has 0 saturated carbocycles. The van der Waals surface area contributed by atoms with Crippen LogP contribution in [0.2, 0.25) is 0 Å². The normalized spacial score (nSPS) is 37.5. The Hall–Kier alpha value is -0.630. The van der Waals surface area contributed by atoms with E-state index in [1.54, 1.807) is 6.92 Å². The minimum absolute atomic E-state index is 0.00694. The van der Waals surface area contributed by atoms with Gasteiger partial charge in [-0.15, -0.1) is 0 Å². The van der Waals surface area contributed by atoms with Crippen molar-refractivity contribution in [3.05, 3.63) is 11.6 Å². The number of hydrogen-bond donors (Lipinski definition) is 0. The molecule has 0 aromatic heterocycles. The third-order valence-corrected chi connectivity index (χ3v) is 1.81. The van der Waals surface area contributed by atoms with Crippen LogP contribution in [0, 0.1) is 0 Å². The number of Topliss-reactive ketones (excluding diaryl/α,β-unsaturated/α-hetero) is 1. The second kappa shape index (κ2) is 2.54. The van der Waals surface area contributed by atoms with Crippen LogP contribution in [0.3, 0.4) is 0 Å². The quantitative estimate of drug-likeness (QED) is 0.474. The maximum atomic E-state index is 11.2. The van der Waals surface area contributed by atoms with Crippen molar-refractivity contribution in [2.24, 2.45) is 0 Å². The molecule has 1 aliphatic heterocycles. The number of ketones is 1. The molecule has 1 fully saturated rings. The first-order chi connectivity index (χ1) is 4.66. The predicted molar refractivity (Wildman–Crippen MR) is 38.8 cm³/mol. The molecule has 1 heterocycles. The molecule has 2 nitrogen and oxygen atoms in total. The summed E-state index contributed by atoms with van der Waals surface area (Å²) < 4.78 is 5.26. The summed E-state index contributed by atoms with van der Waals surface area (Å²) >= 11 is 0. The second-order valence-electron chi connectivity index (χ2n) is 2.53. The van der Waals surface area contributed by atoms with Crippen molar-refractivity contribution in [1.82, 2.24) is 0 Å². The van der Waals surface area contributed by atoms with Crippen molar-refractivity contribution >= 4 is 5.78 Å². The zero-order valence-electron chi connectivity index (χ0n) is 6.55. The Bertz CT molecular complexity index is 182. The maximum Gasteiger partial charge on any atom is 0.189 e. The van der Waals surface area contributed by atoms with Crippen LogP contribution in [-0.4, -0.2) is 18.0 Å². The van der Waals surface area contributed by atoms with Gasteiger partial charge in [-0.3, -0.25) is 4.79 Å². The van der Waals surface area contributed by atoms with Gasteiger partial charge in [0.05, 0.1) is 6.10 Å². The lowest BCUT2D eigenvalue weighted by atomic mass is 10.1. The highest BCUT2D eigenvalue weighted by molar-refractivity contribution is 6.01. The first-order valence-electron chi connectivity index (χ1n) is 3.52. The lowest BCUT2D eigenvalue weighted by Crippen LogP contribution is -2.09. The highest BCUT2D eigenvalue weighted by Gasteiger charge is 2.31. The standard InChI is InChI=1S/C8H12O2/c1-4-7-5(2)10-6(3)8(7)9/h4-6H,1-3H3.